The summed E-state index contributed by atoms with van der Waals surface area (Å²) in [7, 11) is 1.88. The Balaban J connectivity index is 1.94. The van der Waals surface area contributed by atoms with Crippen molar-refractivity contribution < 1.29 is 13.2 Å². The third kappa shape index (κ3) is 4.68. The first-order chi connectivity index (χ1) is 9.90. The van der Waals surface area contributed by atoms with Crippen LogP contribution < -0.4 is 5.32 Å². The van der Waals surface area contributed by atoms with E-state index < -0.39 is 12.1 Å². The molecule has 1 aromatic heterocycles. The van der Waals surface area contributed by atoms with Gasteiger partial charge in [-0.25, -0.2) is 0 Å². The number of likely N-dealkylation sites (N-methyl/N-ethyl adjacent to an activating group) is 1. The van der Waals surface area contributed by atoms with Gasteiger partial charge in [-0.2, -0.15) is 13.2 Å². The van der Waals surface area contributed by atoms with Gasteiger partial charge in [0.05, 0.1) is 5.92 Å². The molecule has 0 aliphatic heterocycles. The molecule has 6 heteroatoms. The van der Waals surface area contributed by atoms with Crippen LogP contribution in [0.3, 0.4) is 0 Å². The maximum absolute atomic E-state index is 12.7. The fraction of sp³-hybridized carbons (Fsp3) is 0.667. The number of halogens is 4. The predicted molar refractivity (Wildman–Crippen MR) is 80.0 cm³/mol. The summed E-state index contributed by atoms with van der Waals surface area (Å²) in [6, 6.07) is 2.22. The van der Waals surface area contributed by atoms with E-state index in [9.17, 15) is 13.2 Å². The first-order valence-corrected chi connectivity index (χ1v) is 8.03. The lowest BCUT2D eigenvalue weighted by Crippen LogP contribution is -2.39. The predicted octanol–water partition coefficient (Wildman–Crippen LogP) is 4.34. The van der Waals surface area contributed by atoms with E-state index in [1.165, 1.54) is 0 Å². The summed E-state index contributed by atoms with van der Waals surface area (Å²) in [5.74, 6) is -0.814. The molecular formula is C15H20BrF3N2. The molecule has 1 aliphatic carbocycles. The molecule has 1 fully saturated rings. The first-order valence-electron chi connectivity index (χ1n) is 7.23. The molecule has 0 spiro atoms. The lowest BCUT2D eigenvalue weighted by molar-refractivity contribution is -0.184. The monoisotopic (exact) mass is 364 g/mol. The second kappa shape index (κ2) is 7.09. The van der Waals surface area contributed by atoms with Crippen LogP contribution in [0.1, 0.15) is 31.2 Å². The zero-order valence-electron chi connectivity index (χ0n) is 12.0. The lowest BCUT2D eigenvalue weighted by Gasteiger charge is -2.34. The highest BCUT2D eigenvalue weighted by atomic mass is 79.9. The van der Waals surface area contributed by atoms with Crippen molar-refractivity contribution in [2.45, 2.75) is 44.3 Å². The van der Waals surface area contributed by atoms with Gasteiger partial charge in [-0.3, -0.25) is 4.98 Å². The standard InChI is InChI=1S/C15H20BrF3N2/c1-20-14(7-10-6-13(16)9-21-8-10)11-2-4-12(5-3-11)15(17,18)19/h6,8-9,11-12,14,20H,2-5,7H2,1H3. The van der Waals surface area contributed by atoms with Crippen LogP contribution in [0.2, 0.25) is 0 Å². The molecule has 118 valence electrons. The minimum Gasteiger partial charge on any atom is -0.316 e. The number of nitrogens with zero attached hydrogens (tertiary/aromatic N) is 1. The van der Waals surface area contributed by atoms with E-state index in [0.29, 0.717) is 18.8 Å². The Hall–Kier alpha value is -0.620. The average molecular weight is 365 g/mol. The fourth-order valence-corrected chi connectivity index (χ4v) is 3.59. The van der Waals surface area contributed by atoms with Crippen molar-refractivity contribution in [3.63, 3.8) is 0 Å². The molecule has 1 heterocycles. The summed E-state index contributed by atoms with van der Waals surface area (Å²) in [4.78, 5) is 4.14. The fourth-order valence-electron chi connectivity index (χ4n) is 3.17. The number of pyridine rings is 1. The second-order valence-corrected chi connectivity index (χ2v) is 6.68. The molecule has 1 unspecified atom stereocenters. The van der Waals surface area contributed by atoms with Gasteiger partial charge in [0.1, 0.15) is 0 Å². The summed E-state index contributed by atoms with van der Waals surface area (Å²) in [5, 5.41) is 3.27. The Morgan fingerprint density at radius 1 is 1.29 bits per heavy atom. The van der Waals surface area contributed by atoms with Crippen LogP contribution in [-0.2, 0) is 6.42 Å². The summed E-state index contributed by atoms with van der Waals surface area (Å²) in [6.07, 6.45) is 2.09. The SMILES string of the molecule is CNC(Cc1cncc(Br)c1)C1CCC(C(F)(F)F)CC1. The van der Waals surface area contributed by atoms with Crippen molar-refractivity contribution in [3.8, 4) is 0 Å². The lowest BCUT2D eigenvalue weighted by atomic mass is 9.77. The van der Waals surface area contributed by atoms with Gasteiger partial charge in [0.2, 0.25) is 0 Å². The van der Waals surface area contributed by atoms with Crippen molar-refractivity contribution in [1.82, 2.24) is 10.3 Å². The summed E-state index contributed by atoms with van der Waals surface area (Å²) >= 11 is 3.39. The van der Waals surface area contributed by atoms with Gasteiger partial charge in [-0.15, -0.1) is 0 Å². The zero-order valence-corrected chi connectivity index (χ0v) is 13.5. The molecule has 0 radical (unpaired) electrons. The molecule has 0 bridgehead atoms. The maximum atomic E-state index is 12.7. The van der Waals surface area contributed by atoms with E-state index in [0.717, 1.165) is 16.5 Å². The molecule has 2 rings (SSSR count). The van der Waals surface area contributed by atoms with E-state index in [2.05, 4.69) is 26.2 Å². The van der Waals surface area contributed by atoms with Gasteiger partial charge in [0.15, 0.2) is 0 Å². The molecule has 1 aromatic rings. The topological polar surface area (TPSA) is 24.9 Å². The second-order valence-electron chi connectivity index (χ2n) is 5.76. The van der Waals surface area contributed by atoms with Crippen LogP contribution in [0.15, 0.2) is 22.9 Å². The zero-order chi connectivity index (χ0) is 15.5. The van der Waals surface area contributed by atoms with Crippen molar-refractivity contribution >= 4 is 15.9 Å². The van der Waals surface area contributed by atoms with Gasteiger partial charge < -0.3 is 5.32 Å². The Morgan fingerprint density at radius 3 is 2.48 bits per heavy atom. The molecule has 0 aromatic carbocycles. The molecule has 0 saturated heterocycles. The van der Waals surface area contributed by atoms with Crippen molar-refractivity contribution in [3.05, 3.63) is 28.5 Å². The number of aromatic nitrogens is 1. The van der Waals surface area contributed by atoms with Crippen LogP contribution in [0, 0.1) is 11.8 Å². The molecule has 1 N–H and O–H groups in total. The number of rotatable bonds is 4. The molecule has 1 saturated carbocycles. The molecule has 1 aliphatic rings. The third-order valence-corrected chi connectivity index (χ3v) is 4.83. The van der Waals surface area contributed by atoms with Crippen LogP contribution in [0.5, 0.6) is 0 Å². The Bertz CT molecular complexity index is 456. The third-order valence-electron chi connectivity index (χ3n) is 4.39. The Labute approximate surface area is 131 Å². The highest BCUT2D eigenvalue weighted by Crippen LogP contribution is 2.40. The van der Waals surface area contributed by atoms with E-state index >= 15 is 0 Å². The summed E-state index contributed by atoms with van der Waals surface area (Å²) in [6.45, 7) is 0. The van der Waals surface area contributed by atoms with Crippen LogP contribution >= 0.6 is 15.9 Å². The molecule has 1 atom stereocenters. The molecular weight excluding hydrogens is 345 g/mol. The van der Waals surface area contributed by atoms with Crippen molar-refractivity contribution in [1.29, 1.82) is 0 Å². The largest absolute Gasteiger partial charge is 0.391 e. The minimum absolute atomic E-state index is 0.204. The van der Waals surface area contributed by atoms with Gasteiger partial charge in [0, 0.05) is 22.9 Å². The summed E-state index contributed by atoms with van der Waals surface area (Å²) in [5.41, 5.74) is 1.10. The van der Waals surface area contributed by atoms with Gasteiger partial charge in [-0.1, -0.05) is 0 Å². The number of hydrogen-bond acceptors (Lipinski definition) is 2. The van der Waals surface area contributed by atoms with E-state index in [-0.39, 0.29) is 18.9 Å². The maximum Gasteiger partial charge on any atom is 0.391 e. The molecule has 2 nitrogen and oxygen atoms in total. The van der Waals surface area contributed by atoms with Gasteiger partial charge in [0.25, 0.3) is 0 Å². The Morgan fingerprint density at radius 2 is 1.95 bits per heavy atom. The Kier molecular flexibility index (Phi) is 5.66. The smallest absolute Gasteiger partial charge is 0.316 e. The normalized spacial score (nSPS) is 24.8. The van der Waals surface area contributed by atoms with Crippen molar-refractivity contribution in [2.75, 3.05) is 7.05 Å². The van der Waals surface area contributed by atoms with E-state index in [4.69, 9.17) is 0 Å². The highest BCUT2D eigenvalue weighted by molar-refractivity contribution is 9.10. The minimum atomic E-state index is -4.03. The van der Waals surface area contributed by atoms with E-state index in [1.54, 1.807) is 6.20 Å². The number of alkyl halides is 3. The average Bonchev–Trinajstić information content (AvgIpc) is 2.44. The highest BCUT2D eigenvalue weighted by Gasteiger charge is 2.42. The van der Waals surface area contributed by atoms with Crippen LogP contribution in [0.4, 0.5) is 13.2 Å². The van der Waals surface area contributed by atoms with Crippen LogP contribution in [0.25, 0.3) is 0 Å². The van der Waals surface area contributed by atoms with Gasteiger partial charge >= 0.3 is 6.18 Å². The number of nitrogens with one attached hydrogen (secondary N) is 1. The van der Waals surface area contributed by atoms with E-state index in [1.807, 2.05) is 19.3 Å². The summed E-state index contributed by atoms with van der Waals surface area (Å²) < 4.78 is 39.1. The quantitative estimate of drug-likeness (QED) is 0.859. The number of hydrogen-bond donors (Lipinski definition) is 1. The first kappa shape index (κ1) is 16.7. The molecule has 0 amide bonds. The van der Waals surface area contributed by atoms with Crippen molar-refractivity contribution in [2.24, 2.45) is 11.8 Å². The molecule has 21 heavy (non-hydrogen) atoms. The van der Waals surface area contributed by atoms with Gasteiger partial charge in [-0.05, 0) is 72.6 Å². The van der Waals surface area contributed by atoms with Crippen LogP contribution in [-0.4, -0.2) is 24.2 Å².